The van der Waals surface area contributed by atoms with Crippen LogP contribution in [0, 0.1) is 0 Å². The Morgan fingerprint density at radius 2 is 1.85 bits per heavy atom. The number of benzene rings is 3. The molecule has 7 nitrogen and oxygen atoms in total. The summed E-state index contributed by atoms with van der Waals surface area (Å²) in [6.45, 7) is 0.500. The predicted molar refractivity (Wildman–Crippen MR) is 127 cm³/mol. The summed E-state index contributed by atoms with van der Waals surface area (Å²) in [5, 5.41) is 15.0. The lowest BCUT2D eigenvalue weighted by Crippen LogP contribution is -2.06. The van der Waals surface area contributed by atoms with Crippen molar-refractivity contribution < 1.29 is 24.1 Å². The van der Waals surface area contributed by atoms with Gasteiger partial charge in [0.1, 0.15) is 5.75 Å². The van der Waals surface area contributed by atoms with Gasteiger partial charge < -0.3 is 19.3 Å². The fourth-order valence-corrected chi connectivity index (χ4v) is 4.32. The molecule has 0 saturated carbocycles. The normalized spacial score (nSPS) is 12.1. The molecule has 172 valence electrons. The van der Waals surface area contributed by atoms with Crippen LogP contribution in [0.4, 0.5) is 0 Å². The van der Waals surface area contributed by atoms with Crippen LogP contribution in [-0.2, 0) is 13.0 Å². The van der Waals surface area contributed by atoms with Crippen LogP contribution in [0.15, 0.2) is 66.7 Å². The van der Waals surface area contributed by atoms with E-state index >= 15 is 0 Å². The molecule has 0 saturated heterocycles. The van der Waals surface area contributed by atoms with E-state index in [0.29, 0.717) is 28.6 Å². The largest absolute Gasteiger partial charge is 0.497 e. The van der Waals surface area contributed by atoms with Gasteiger partial charge in [0.2, 0.25) is 6.79 Å². The van der Waals surface area contributed by atoms with Gasteiger partial charge in [-0.3, -0.25) is 4.68 Å². The van der Waals surface area contributed by atoms with Gasteiger partial charge in [-0.1, -0.05) is 54.1 Å². The van der Waals surface area contributed by atoms with Gasteiger partial charge in [-0.05, 0) is 29.3 Å². The van der Waals surface area contributed by atoms with E-state index in [9.17, 15) is 9.90 Å². The summed E-state index contributed by atoms with van der Waals surface area (Å²) in [6, 6.07) is 20.7. The molecule has 0 amide bonds. The van der Waals surface area contributed by atoms with Gasteiger partial charge in [0.05, 0.1) is 19.3 Å². The second-order valence-electron chi connectivity index (χ2n) is 7.83. The Morgan fingerprint density at radius 3 is 2.59 bits per heavy atom. The smallest absolute Gasteiger partial charge is 0.356 e. The van der Waals surface area contributed by atoms with Crippen LogP contribution in [0.5, 0.6) is 17.2 Å². The summed E-state index contributed by atoms with van der Waals surface area (Å²) >= 11 is 6.53. The zero-order chi connectivity index (χ0) is 23.7. The van der Waals surface area contributed by atoms with Crippen LogP contribution in [0.2, 0.25) is 5.02 Å². The van der Waals surface area contributed by atoms with E-state index in [-0.39, 0.29) is 18.9 Å². The molecule has 2 heterocycles. The number of carboxylic acids is 1. The molecule has 1 aliphatic rings. The summed E-state index contributed by atoms with van der Waals surface area (Å²) in [6.07, 6.45) is 0.263. The number of rotatable bonds is 7. The second kappa shape index (κ2) is 9.11. The third kappa shape index (κ3) is 4.18. The van der Waals surface area contributed by atoms with Gasteiger partial charge >= 0.3 is 5.97 Å². The molecule has 1 aliphatic heterocycles. The van der Waals surface area contributed by atoms with Gasteiger partial charge in [-0.15, -0.1) is 0 Å². The minimum absolute atomic E-state index is 0.0181. The predicted octanol–water partition coefficient (Wildman–Crippen LogP) is 5.28. The van der Waals surface area contributed by atoms with E-state index in [1.54, 1.807) is 23.9 Å². The summed E-state index contributed by atoms with van der Waals surface area (Å²) < 4.78 is 18.0. The maximum atomic E-state index is 12.3. The maximum Gasteiger partial charge on any atom is 0.356 e. The monoisotopic (exact) mass is 476 g/mol. The molecule has 1 aromatic heterocycles. The van der Waals surface area contributed by atoms with Crippen LogP contribution in [0.25, 0.3) is 11.3 Å². The van der Waals surface area contributed by atoms with Crippen molar-refractivity contribution in [3.05, 3.63) is 94.1 Å². The SMILES string of the molecule is COc1cccc(Cn2nc(C(=O)O)c(Cc3cc4c(cc3Cl)OCO4)c2-c2ccccc2)c1. The van der Waals surface area contributed by atoms with Crippen LogP contribution in [0.1, 0.15) is 27.2 Å². The minimum atomic E-state index is -1.10. The molecule has 5 rings (SSSR count). The number of hydrogen-bond acceptors (Lipinski definition) is 5. The van der Waals surface area contributed by atoms with Crippen LogP contribution in [-0.4, -0.2) is 34.8 Å². The quantitative estimate of drug-likeness (QED) is 0.391. The lowest BCUT2D eigenvalue weighted by molar-refractivity contribution is 0.0688. The Balaban J connectivity index is 1.65. The number of fused-ring (bicyclic) bond motifs is 1. The van der Waals surface area contributed by atoms with Crippen LogP contribution >= 0.6 is 11.6 Å². The number of ether oxygens (including phenoxy) is 3. The summed E-state index contributed by atoms with van der Waals surface area (Å²) in [4.78, 5) is 12.3. The van der Waals surface area contributed by atoms with Crippen molar-refractivity contribution in [3.63, 3.8) is 0 Å². The molecule has 0 spiro atoms. The first-order chi connectivity index (χ1) is 16.5. The number of aromatic nitrogens is 2. The first-order valence-corrected chi connectivity index (χ1v) is 11.0. The average molecular weight is 477 g/mol. The molecule has 0 bridgehead atoms. The van der Waals surface area contributed by atoms with Crippen molar-refractivity contribution >= 4 is 17.6 Å². The molecule has 4 aromatic rings. The first-order valence-electron chi connectivity index (χ1n) is 10.6. The van der Waals surface area contributed by atoms with E-state index < -0.39 is 5.97 Å². The van der Waals surface area contributed by atoms with E-state index in [4.69, 9.17) is 25.8 Å². The highest BCUT2D eigenvalue weighted by molar-refractivity contribution is 6.31. The highest BCUT2D eigenvalue weighted by atomic mass is 35.5. The zero-order valence-corrected chi connectivity index (χ0v) is 19.1. The fourth-order valence-electron chi connectivity index (χ4n) is 4.10. The first kappa shape index (κ1) is 21.9. The van der Waals surface area contributed by atoms with E-state index in [0.717, 1.165) is 28.1 Å². The Hall–Kier alpha value is -3.97. The number of hydrogen-bond donors (Lipinski definition) is 1. The lowest BCUT2D eigenvalue weighted by Gasteiger charge is -2.12. The number of carboxylic acid groups (broad SMARTS) is 1. The van der Waals surface area contributed by atoms with Gasteiger partial charge in [-0.2, -0.15) is 5.10 Å². The molecule has 3 aromatic carbocycles. The Kier molecular flexibility index (Phi) is 5.86. The fraction of sp³-hybridized carbons (Fsp3) is 0.154. The van der Waals surface area contributed by atoms with Crippen molar-refractivity contribution in [2.45, 2.75) is 13.0 Å². The number of carbonyl (C=O) groups is 1. The van der Waals surface area contributed by atoms with Gasteiger partial charge in [0.15, 0.2) is 17.2 Å². The van der Waals surface area contributed by atoms with E-state index in [1.807, 2.05) is 54.6 Å². The van der Waals surface area contributed by atoms with Gasteiger partial charge in [0, 0.05) is 28.6 Å². The van der Waals surface area contributed by atoms with Gasteiger partial charge in [0.25, 0.3) is 0 Å². The van der Waals surface area contributed by atoms with Crippen molar-refractivity contribution in [1.29, 1.82) is 0 Å². The van der Waals surface area contributed by atoms with Crippen LogP contribution in [0.3, 0.4) is 0 Å². The molecular formula is C26H21ClN2O5. The van der Waals surface area contributed by atoms with Crippen molar-refractivity contribution in [3.8, 4) is 28.5 Å². The number of methoxy groups -OCH3 is 1. The average Bonchev–Trinajstić information content (AvgIpc) is 3.44. The third-order valence-corrected chi connectivity index (χ3v) is 6.03. The zero-order valence-electron chi connectivity index (χ0n) is 18.3. The molecule has 0 atom stereocenters. The number of nitrogens with zero attached hydrogens (tertiary/aromatic N) is 2. The molecule has 0 radical (unpaired) electrons. The summed E-state index contributed by atoms with van der Waals surface area (Å²) in [5.74, 6) is 0.774. The van der Waals surface area contributed by atoms with Crippen molar-refractivity contribution in [2.24, 2.45) is 0 Å². The van der Waals surface area contributed by atoms with Crippen molar-refractivity contribution in [1.82, 2.24) is 9.78 Å². The molecule has 0 unspecified atom stereocenters. The Bertz CT molecular complexity index is 1370. The maximum absolute atomic E-state index is 12.3. The minimum Gasteiger partial charge on any atom is -0.497 e. The van der Waals surface area contributed by atoms with E-state index in [2.05, 4.69) is 5.10 Å². The molecular weight excluding hydrogens is 456 g/mol. The van der Waals surface area contributed by atoms with E-state index in [1.165, 1.54) is 0 Å². The Labute approximate surface area is 201 Å². The number of halogens is 1. The molecule has 34 heavy (non-hydrogen) atoms. The molecule has 1 N–H and O–H groups in total. The molecule has 8 heteroatoms. The summed E-state index contributed by atoms with van der Waals surface area (Å²) in [7, 11) is 1.61. The molecule has 0 aliphatic carbocycles. The highest BCUT2D eigenvalue weighted by Gasteiger charge is 2.26. The number of aromatic carboxylic acids is 1. The molecule has 0 fully saturated rings. The van der Waals surface area contributed by atoms with Crippen LogP contribution < -0.4 is 14.2 Å². The lowest BCUT2D eigenvalue weighted by atomic mass is 9.98. The second-order valence-corrected chi connectivity index (χ2v) is 8.24. The van der Waals surface area contributed by atoms with Gasteiger partial charge in [-0.25, -0.2) is 4.79 Å². The third-order valence-electron chi connectivity index (χ3n) is 5.68. The summed E-state index contributed by atoms with van der Waals surface area (Å²) in [5.41, 5.74) is 3.79. The Morgan fingerprint density at radius 1 is 1.09 bits per heavy atom. The topological polar surface area (TPSA) is 82.8 Å². The van der Waals surface area contributed by atoms with Crippen molar-refractivity contribution in [2.75, 3.05) is 13.9 Å². The highest BCUT2D eigenvalue weighted by Crippen LogP contribution is 2.39. The standard InChI is InChI=1S/C26H21ClN2O5/c1-32-19-9-5-6-16(10-19)14-29-25(17-7-3-2-4-8-17)20(24(28-29)26(30)31)11-18-12-22-23(13-21(18)27)34-15-33-22/h2-10,12-13H,11,14-15H2,1H3,(H,30,31).